The van der Waals surface area contributed by atoms with Crippen LogP contribution in [0.1, 0.15) is 64.9 Å². The number of carbonyl (C=O) groups is 3. The SMILES string of the molecule is CC(C)(C)OC(=O)[C@@H]1CCCN1C(=O)CCCCCNC(=O)C(N)Cc1ccccc1. The highest BCUT2D eigenvalue weighted by atomic mass is 16.6. The molecule has 1 saturated heterocycles. The first-order valence-electron chi connectivity index (χ1n) is 11.3. The summed E-state index contributed by atoms with van der Waals surface area (Å²) < 4.78 is 5.46. The van der Waals surface area contributed by atoms with Crippen molar-refractivity contribution in [1.29, 1.82) is 0 Å². The fraction of sp³-hybridized carbons (Fsp3) is 0.625. The van der Waals surface area contributed by atoms with Crippen LogP contribution in [0.4, 0.5) is 0 Å². The van der Waals surface area contributed by atoms with Crippen LogP contribution in [-0.2, 0) is 25.5 Å². The van der Waals surface area contributed by atoms with Gasteiger partial charge < -0.3 is 20.7 Å². The van der Waals surface area contributed by atoms with Crippen molar-refractivity contribution >= 4 is 17.8 Å². The molecule has 1 aromatic rings. The molecule has 2 rings (SSSR count). The summed E-state index contributed by atoms with van der Waals surface area (Å²) in [5.74, 6) is -0.465. The van der Waals surface area contributed by atoms with Gasteiger partial charge in [0.15, 0.2) is 0 Å². The third kappa shape index (κ3) is 8.69. The summed E-state index contributed by atoms with van der Waals surface area (Å²) in [6, 6.07) is 8.68. The number of amides is 2. The van der Waals surface area contributed by atoms with Crippen LogP contribution >= 0.6 is 0 Å². The van der Waals surface area contributed by atoms with Crippen molar-refractivity contribution in [2.45, 2.75) is 83.4 Å². The van der Waals surface area contributed by atoms with Crippen LogP contribution in [-0.4, -0.2) is 53.5 Å². The molecule has 1 unspecified atom stereocenters. The number of hydrogen-bond acceptors (Lipinski definition) is 5. The summed E-state index contributed by atoms with van der Waals surface area (Å²) in [6.07, 6.45) is 4.73. The van der Waals surface area contributed by atoms with Crippen LogP contribution in [0.15, 0.2) is 30.3 Å². The Kier molecular flexibility index (Phi) is 9.49. The van der Waals surface area contributed by atoms with E-state index in [0.717, 1.165) is 31.2 Å². The molecule has 0 saturated carbocycles. The van der Waals surface area contributed by atoms with Crippen molar-refractivity contribution in [2.75, 3.05) is 13.1 Å². The second kappa shape index (κ2) is 11.8. The highest BCUT2D eigenvalue weighted by molar-refractivity contribution is 5.85. The maximum atomic E-state index is 12.6. The zero-order chi connectivity index (χ0) is 22.9. The van der Waals surface area contributed by atoms with Gasteiger partial charge in [0.25, 0.3) is 0 Å². The first-order valence-corrected chi connectivity index (χ1v) is 11.3. The van der Waals surface area contributed by atoms with Crippen molar-refractivity contribution < 1.29 is 19.1 Å². The van der Waals surface area contributed by atoms with Crippen molar-refractivity contribution in [1.82, 2.24) is 10.2 Å². The number of likely N-dealkylation sites (tertiary alicyclic amines) is 1. The first kappa shape index (κ1) is 24.9. The Hall–Kier alpha value is -2.41. The minimum absolute atomic E-state index is 0.00211. The molecular weight excluding hydrogens is 394 g/mol. The predicted molar refractivity (Wildman–Crippen MR) is 120 cm³/mol. The van der Waals surface area contributed by atoms with Gasteiger partial charge in [-0.25, -0.2) is 4.79 Å². The van der Waals surface area contributed by atoms with Gasteiger partial charge in [-0.3, -0.25) is 9.59 Å². The predicted octanol–water partition coefficient (Wildman–Crippen LogP) is 2.57. The maximum Gasteiger partial charge on any atom is 0.329 e. The van der Waals surface area contributed by atoms with Gasteiger partial charge in [0.1, 0.15) is 11.6 Å². The summed E-state index contributed by atoms with van der Waals surface area (Å²) >= 11 is 0. The molecule has 1 aromatic carbocycles. The highest BCUT2D eigenvalue weighted by Gasteiger charge is 2.36. The topological polar surface area (TPSA) is 102 Å². The van der Waals surface area contributed by atoms with Crippen LogP contribution < -0.4 is 11.1 Å². The zero-order valence-corrected chi connectivity index (χ0v) is 19.1. The molecule has 7 heteroatoms. The lowest BCUT2D eigenvalue weighted by Gasteiger charge is -2.27. The average Bonchev–Trinajstić information content (AvgIpc) is 3.20. The van der Waals surface area contributed by atoms with Crippen molar-refractivity contribution in [3.05, 3.63) is 35.9 Å². The molecule has 0 aromatic heterocycles. The van der Waals surface area contributed by atoms with Gasteiger partial charge in [0.2, 0.25) is 11.8 Å². The summed E-state index contributed by atoms with van der Waals surface area (Å²) in [7, 11) is 0. The van der Waals surface area contributed by atoms with Gasteiger partial charge in [-0.2, -0.15) is 0 Å². The number of esters is 1. The molecule has 31 heavy (non-hydrogen) atoms. The lowest BCUT2D eigenvalue weighted by Crippen LogP contribution is -2.43. The molecule has 1 aliphatic heterocycles. The number of nitrogens with zero attached hydrogens (tertiary/aromatic N) is 1. The smallest absolute Gasteiger partial charge is 0.329 e. The van der Waals surface area contributed by atoms with Crippen LogP contribution in [0, 0.1) is 0 Å². The monoisotopic (exact) mass is 431 g/mol. The Morgan fingerprint density at radius 1 is 1.16 bits per heavy atom. The molecule has 7 nitrogen and oxygen atoms in total. The van der Waals surface area contributed by atoms with Crippen LogP contribution in [0.3, 0.4) is 0 Å². The van der Waals surface area contributed by atoms with Crippen LogP contribution in [0.25, 0.3) is 0 Å². The van der Waals surface area contributed by atoms with Crippen LogP contribution in [0.5, 0.6) is 0 Å². The van der Waals surface area contributed by atoms with Gasteiger partial charge >= 0.3 is 5.97 Å². The molecule has 172 valence electrons. The van der Waals surface area contributed by atoms with Gasteiger partial charge in [0, 0.05) is 19.5 Å². The van der Waals surface area contributed by atoms with Gasteiger partial charge in [-0.05, 0) is 58.4 Å². The molecule has 1 heterocycles. The van der Waals surface area contributed by atoms with Crippen LogP contribution in [0.2, 0.25) is 0 Å². The molecule has 2 atom stereocenters. The second-order valence-electron chi connectivity index (χ2n) is 9.18. The lowest BCUT2D eigenvalue weighted by molar-refractivity contribution is -0.163. The van der Waals surface area contributed by atoms with Crippen molar-refractivity contribution in [2.24, 2.45) is 5.73 Å². The minimum atomic E-state index is -0.566. The van der Waals surface area contributed by atoms with E-state index >= 15 is 0 Å². The molecular formula is C24H37N3O4. The third-order valence-electron chi connectivity index (χ3n) is 5.25. The largest absolute Gasteiger partial charge is 0.458 e. The Morgan fingerprint density at radius 2 is 1.87 bits per heavy atom. The maximum absolute atomic E-state index is 12.6. The van der Waals surface area contributed by atoms with Gasteiger partial charge in [0.05, 0.1) is 6.04 Å². The Balaban J connectivity index is 1.62. The number of nitrogens with one attached hydrogen (secondary N) is 1. The van der Waals surface area contributed by atoms with Gasteiger partial charge in [-0.1, -0.05) is 36.8 Å². The molecule has 1 aliphatic rings. The number of rotatable bonds is 10. The number of nitrogens with two attached hydrogens (primary N) is 1. The second-order valence-corrected chi connectivity index (χ2v) is 9.18. The summed E-state index contributed by atoms with van der Waals surface area (Å²) in [4.78, 5) is 38.7. The Bertz CT molecular complexity index is 730. The third-order valence-corrected chi connectivity index (χ3v) is 5.25. The van der Waals surface area contributed by atoms with Crippen molar-refractivity contribution in [3.63, 3.8) is 0 Å². The average molecular weight is 432 g/mol. The Morgan fingerprint density at radius 3 is 2.55 bits per heavy atom. The normalized spacial score (nSPS) is 17.3. The lowest BCUT2D eigenvalue weighted by atomic mass is 10.1. The standard InChI is InChI=1S/C24H37N3O4/c1-24(2,3)31-23(30)20-13-10-16-27(20)21(28)14-8-5-9-15-26-22(29)19(25)17-18-11-6-4-7-12-18/h4,6-7,11-12,19-20H,5,8-10,13-17,25H2,1-3H3,(H,26,29)/t19?,20-/m0/s1. The van der Waals surface area contributed by atoms with E-state index in [0.29, 0.717) is 32.4 Å². The Labute approximate surface area is 185 Å². The van der Waals surface area contributed by atoms with Gasteiger partial charge in [-0.15, -0.1) is 0 Å². The fourth-order valence-electron chi connectivity index (χ4n) is 3.71. The van der Waals surface area contributed by atoms with E-state index in [9.17, 15) is 14.4 Å². The van der Waals surface area contributed by atoms with E-state index < -0.39 is 17.7 Å². The molecule has 0 spiro atoms. The summed E-state index contributed by atoms with van der Waals surface area (Å²) in [6.45, 7) is 6.65. The number of ether oxygens (including phenoxy) is 1. The van der Waals surface area contributed by atoms with E-state index in [4.69, 9.17) is 10.5 Å². The number of carbonyl (C=O) groups excluding carboxylic acids is 3. The molecule has 3 N–H and O–H groups in total. The number of unbranched alkanes of at least 4 members (excludes halogenated alkanes) is 2. The van der Waals surface area contributed by atoms with Crippen molar-refractivity contribution in [3.8, 4) is 0 Å². The van der Waals surface area contributed by atoms with E-state index in [1.807, 2.05) is 51.1 Å². The quantitative estimate of drug-likeness (QED) is 0.438. The molecule has 2 amide bonds. The molecule has 0 radical (unpaired) electrons. The zero-order valence-electron chi connectivity index (χ0n) is 19.1. The van der Waals surface area contributed by atoms with E-state index in [1.54, 1.807) is 4.90 Å². The first-order chi connectivity index (χ1) is 14.7. The minimum Gasteiger partial charge on any atom is -0.458 e. The molecule has 1 fully saturated rings. The summed E-state index contributed by atoms with van der Waals surface area (Å²) in [5, 5.41) is 2.87. The molecule has 0 bridgehead atoms. The number of hydrogen-bond donors (Lipinski definition) is 2. The van der Waals surface area contributed by atoms with E-state index in [2.05, 4.69) is 5.32 Å². The number of benzene rings is 1. The van der Waals surface area contributed by atoms with E-state index in [1.165, 1.54) is 0 Å². The highest BCUT2D eigenvalue weighted by Crippen LogP contribution is 2.22. The molecule has 0 aliphatic carbocycles. The fourth-order valence-corrected chi connectivity index (χ4v) is 3.71. The summed E-state index contributed by atoms with van der Waals surface area (Å²) in [5.41, 5.74) is 6.46. The van der Waals surface area contributed by atoms with E-state index in [-0.39, 0.29) is 17.8 Å².